The summed E-state index contributed by atoms with van der Waals surface area (Å²) in [4.78, 5) is 32.3. The first-order valence-corrected chi connectivity index (χ1v) is 10.7. The lowest BCUT2D eigenvalue weighted by atomic mass is 10.1. The van der Waals surface area contributed by atoms with Crippen molar-refractivity contribution >= 4 is 29.2 Å². The first kappa shape index (κ1) is 21.6. The lowest BCUT2D eigenvalue weighted by Gasteiger charge is -2.26. The van der Waals surface area contributed by atoms with Gasteiger partial charge in [-0.25, -0.2) is 0 Å². The van der Waals surface area contributed by atoms with Crippen LogP contribution in [0.5, 0.6) is 11.6 Å². The molecule has 1 amide bonds. The number of carbonyl (C=O) groups excluding carboxylic acids is 1. The molecule has 0 atom stereocenters. The summed E-state index contributed by atoms with van der Waals surface area (Å²) in [5, 5.41) is 10.3. The number of piperidine rings is 1. The van der Waals surface area contributed by atoms with Crippen LogP contribution < -0.4 is 10.3 Å². The summed E-state index contributed by atoms with van der Waals surface area (Å²) in [6, 6.07) is 12.2. The zero-order chi connectivity index (χ0) is 22.7. The van der Waals surface area contributed by atoms with Crippen molar-refractivity contribution in [3.05, 3.63) is 74.7 Å². The summed E-state index contributed by atoms with van der Waals surface area (Å²) in [7, 11) is 0. The lowest BCUT2D eigenvalue weighted by Crippen LogP contribution is -2.36. The molecule has 1 saturated heterocycles. The lowest BCUT2D eigenvalue weighted by molar-refractivity contribution is -0.127. The molecule has 7 nitrogen and oxygen atoms in total. The summed E-state index contributed by atoms with van der Waals surface area (Å²) >= 11 is 6.10. The zero-order valence-electron chi connectivity index (χ0n) is 17.5. The standard InChI is InChI=1S/C24H21ClN4O3/c1-16-13-18(8-9-20(16)25)32-22-19(24(31)29-12-6-3-7-21(29)27-22)14-17(15-26)23(30)28-10-4-2-5-11-28/h3,6-9,12-14H,2,4-5,10-11H2,1H3. The molecule has 1 aliphatic rings. The number of hydrogen-bond donors (Lipinski definition) is 0. The third-order valence-corrected chi connectivity index (χ3v) is 5.78. The highest BCUT2D eigenvalue weighted by Crippen LogP contribution is 2.27. The Hall–Kier alpha value is -3.63. The number of aromatic nitrogens is 2. The van der Waals surface area contributed by atoms with Crippen LogP contribution in [0.4, 0.5) is 0 Å². The predicted octanol–water partition coefficient (Wildman–Crippen LogP) is 4.37. The molecule has 2 aromatic heterocycles. The predicted molar refractivity (Wildman–Crippen MR) is 122 cm³/mol. The van der Waals surface area contributed by atoms with E-state index in [-0.39, 0.29) is 17.0 Å². The first-order chi connectivity index (χ1) is 15.5. The fourth-order valence-corrected chi connectivity index (χ4v) is 3.75. The molecule has 0 N–H and O–H groups in total. The van der Waals surface area contributed by atoms with E-state index in [4.69, 9.17) is 16.3 Å². The average Bonchev–Trinajstić information content (AvgIpc) is 2.81. The molecular weight excluding hydrogens is 428 g/mol. The van der Waals surface area contributed by atoms with Gasteiger partial charge in [-0.3, -0.25) is 14.0 Å². The van der Waals surface area contributed by atoms with Crippen LogP contribution in [-0.4, -0.2) is 33.3 Å². The van der Waals surface area contributed by atoms with Gasteiger partial charge in [0, 0.05) is 24.3 Å². The monoisotopic (exact) mass is 448 g/mol. The highest BCUT2D eigenvalue weighted by Gasteiger charge is 2.22. The molecule has 0 unspecified atom stereocenters. The maximum absolute atomic E-state index is 13.3. The molecule has 3 aromatic rings. The number of carbonyl (C=O) groups is 1. The van der Waals surface area contributed by atoms with E-state index >= 15 is 0 Å². The molecule has 0 spiro atoms. The fraction of sp³-hybridized carbons (Fsp3) is 0.250. The summed E-state index contributed by atoms with van der Waals surface area (Å²) in [6.07, 6.45) is 5.72. The number of aryl methyl sites for hydroxylation is 1. The number of likely N-dealkylation sites (tertiary alicyclic amines) is 1. The number of pyridine rings is 1. The quantitative estimate of drug-likeness (QED) is 0.437. The Balaban J connectivity index is 1.83. The van der Waals surface area contributed by atoms with Crippen molar-refractivity contribution in [3.8, 4) is 17.7 Å². The molecule has 1 aliphatic heterocycles. The molecule has 0 aliphatic carbocycles. The van der Waals surface area contributed by atoms with Gasteiger partial charge in [-0.15, -0.1) is 0 Å². The minimum absolute atomic E-state index is 0.0158. The van der Waals surface area contributed by atoms with Gasteiger partial charge in [0.2, 0.25) is 5.88 Å². The zero-order valence-corrected chi connectivity index (χ0v) is 18.3. The smallest absolute Gasteiger partial charge is 0.269 e. The van der Waals surface area contributed by atoms with Gasteiger partial charge in [0.05, 0.1) is 0 Å². The summed E-state index contributed by atoms with van der Waals surface area (Å²) in [5.74, 6) is 0.0646. The fourth-order valence-electron chi connectivity index (χ4n) is 3.63. The third-order valence-electron chi connectivity index (χ3n) is 5.36. The van der Waals surface area contributed by atoms with Crippen LogP contribution in [0.1, 0.15) is 30.4 Å². The second-order valence-corrected chi connectivity index (χ2v) is 8.01. The summed E-state index contributed by atoms with van der Waals surface area (Å²) < 4.78 is 7.30. The Bertz CT molecular complexity index is 1320. The minimum atomic E-state index is -0.435. The van der Waals surface area contributed by atoms with E-state index in [0.29, 0.717) is 29.5 Å². The van der Waals surface area contributed by atoms with Crippen LogP contribution >= 0.6 is 11.6 Å². The van der Waals surface area contributed by atoms with E-state index in [1.165, 1.54) is 10.5 Å². The van der Waals surface area contributed by atoms with Crippen molar-refractivity contribution in [2.24, 2.45) is 0 Å². The van der Waals surface area contributed by atoms with Crippen LogP contribution in [-0.2, 0) is 4.79 Å². The summed E-state index contributed by atoms with van der Waals surface area (Å²) in [6.45, 7) is 3.03. The normalized spacial score (nSPS) is 14.3. The van der Waals surface area contributed by atoms with Crippen LogP contribution in [0.2, 0.25) is 5.02 Å². The van der Waals surface area contributed by atoms with Crippen molar-refractivity contribution in [2.75, 3.05) is 13.1 Å². The topological polar surface area (TPSA) is 87.7 Å². The van der Waals surface area contributed by atoms with Gasteiger partial charge < -0.3 is 9.64 Å². The molecule has 1 fully saturated rings. The number of hydrogen-bond acceptors (Lipinski definition) is 5. The number of nitriles is 1. The van der Waals surface area contributed by atoms with Gasteiger partial charge in [0.15, 0.2) is 0 Å². The second kappa shape index (κ2) is 9.25. The van der Waals surface area contributed by atoms with E-state index in [2.05, 4.69) is 4.98 Å². The van der Waals surface area contributed by atoms with Gasteiger partial charge >= 0.3 is 0 Å². The van der Waals surface area contributed by atoms with E-state index in [9.17, 15) is 14.9 Å². The Morgan fingerprint density at radius 3 is 2.72 bits per heavy atom. The van der Waals surface area contributed by atoms with E-state index in [0.717, 1.165) is 24.8 Å². The molecular formula is C24H21ClN4O3. The highest BCUT2D eigenvalue weighted by molar-refractivity contribution is 6.31. The Morgan fingerprint density at radius 1 is 1.22 bits per heavy atom. The van der Waals surface area contributed by atoms with Crippen molar-refractivity contribution in [1.29, 1.82) is 5.26 Å². The van der Waals surface area contributed by atoms with Gasteiger partial charge in [0.1, 0.15) is 28.6 Å². The maximum Gasteiger partial charge on any atom is 0.269 e. The van der Waals surface area contributed by atoms with Gasteiger partial charge in [-0.05, 0) is 68.2 Å². The summed E-state index contributed by atoms with van der Waals surface area (Å²) in [5.41, 5.74) is 0.658. The van der Waals surface area contributed by atoms with Gasteiger partial charge in [-0.1, -0.05) is 17.7 Å². The maximum atomic E-state index is 13.3. The highest BCUT2D eigenvalue weighted by atomic mass is 35.5. The number of ether oxygens (including phenoxy) is 1. The van der Waals surface area contributed by atoms with Gasteiger partial charge in [0.25, 0.3) is 11.5 Å². The van der Waals surface area contributed by atoms with Crippen molar-refractivity contribution in [2.45, 2.75) is 26.2 Å². The number of benzene rings is 1. The number of rotatable bonds is 4. The van der Waals surface area contributed by atoms with Crippen molar-refractivity contribution in [3.63, 3.8) is 0 Å². The van der Waals surface area contributed by atoms with Gasteiger partial charge in [-0.2, -0.15) is 10.2 Å². The van der Waals surface area contributed by atoms with E-state index < -0.39 is 11.5 Å². The van der Waals surface area contributed by atoms with Crippen LogP contribution in [0, 0.1) is 18.3 Å². The molecule has 8 heteroatoms. The Kier molecular flexibility index (Phi) is 6.24. The molecule has 4 rings (SSSR count). The number of nitrogens with zero attached hydrogens (tertiary/aromatic N) is 4. The molecule has 3 heterocycles. The molecule has 0 radical (unpaired) electrons. The van der Waals surface area contributed by atoms with E-state index in [1.807, 2.05) is 13.0 Å². The Morgan fingerprint density at radius 2 is 2.00 bits per heavy atom. The molecule has 1 aromatic carbocycles. The molecule has 162 valence electrons. The van der Waals surface area contributed by atoms with Crippen LogP contribution in [0.25, 0.3) is 11.7 Å². The molecule has 0 saturated carbocycles. The Labute approximate surface area is 190 Å². The van der Waals surface area contributed by atoms with Crippen LogP contribution in [0.15, 0.2) is 53.0 Å². The average molecular weight is 449 g/mol. The van der Waals surface area contributed by atoms with Crippen LogP contribution in [0.3, 0.4) is 0 Å². The molecule has 32 heavy (non-hydrogen) atoms. The van der Waals surface area contributed by atoms with Crippen molar-refractivity contribution in [1.82, 2.24) is 14.3 Å². The largest absolute Gasteiger partial charge is 0.438 e. The second-order valence-electron chi connectivity index (χ2n) is 7.60. The number of amides is 1. The SMILES string of the molecule is Cc1cc(Oc2nc3ccccn3c(=O)c2C=C(C#N)C(=O)N2CCCCC2)ccc1Cl. The van der Waals surface area contributed by atoms with E-state index in [1.54, 1.807) is 47.5 Å². The number of halogens is 1. The third kappa shape index (κ3) is 4.36. The molecule has 0 bridgehead atoms. The number of fused-ring (bicyclic) bond motifs is 1. The minimum Gasteiger partial charge on any atom is -0.438 e. The van der Waals surface area contributed by atoms with Crippen molar-refractivity contribution < 1.29 is 9.53 Å². The first-order valence-electron chi connectivity index (χ1n) is 10.3.